The Bertz CT molecular complexity index is 796. The van der Waals surface area contributed by atoms with Crippen molar-refractivity contribution in [1.29, 1.82) is 0 Å². The zero-order chi connectivity index (χ0) is 16.3. The summed E-state index contributed by atoms with van der Waals surface area (Å²) in [5.74, 6) is 0.198. The van der Waals surface area contributed by atoms with Crippen molar-refractivity contribution in [3.05, 3.63) is 35.5 Å². The number of nitrogens with zero attached hydrogens (tertiary/aromatic N) is 1. The minimum atomic E-state index is -0.578. The summed E-state index contributed by atoms with van der Waals surface area (Å²) in [6.45, 7) is 2.19. The molecule has 2 N–H and O–H groups in total. The summed E-state index contributed by atoms with van der Waals surface area (Å²) in [6, 6.07) is 8.95. The standard InChI is InChI=1S/C20H24N2O2/c23-20(24)15-6-3-4-12-11-22-9-8-14-13-5-1-2-7-17(13)21-19(14)18(22)10-16(12)15/h1-2,5,7,12,15-16,18,21H,3-4,6,8-11H2,(H,23,24)/t12-,15-,16-,18-/m0/s1. The van der Waals surface area contributed by atoms with E-state index in [-0.39, 0.29) is 5.92 Å². The topological polar surface area (TPSA) is 56.3 Å². The number of carboxylic acids is 1. The Balaban J connectivity index is 1.54. The molecule has 0 unspecified atom stereocenters. The number of piperidine rings is 1. The van der Waals surface area contributed by atoms with Crippen molar-refractivity contribution in [2.45, 2.75) is 38.1 Å². The molecule has 1 saturated heterocycles. The normalized spacial score (nSPS) is 32.8. The maximum Gasteiger partial charge on any atom is 0.306 e. The fraction of sp³-hybridized carbons (Fsp3) is 0.550. The van der Waals surface area contributed by atoms with Gasteiger partial charge in [0, 0.05) is 29.7 Å². The molecule has 4 heteroatoms. The largest absolute Gasteiger partial charge is 0.481 e. The van der Waals surface area contributed by atoms with E-state index in [1.165, 1.54) is 28.6 Å². The van der Waals surface area contributed by atoms with Crippen LogP contribution < -0.4 is 0 Å². The average molecular weight is 324 g/mol. The Morgan fingerprint density at radius 1 is 1.25 bits per heavy atom. The molecule has 3 heterocycles. The molecule has 1 aromatic heterocycles. The predicted molar refractivity (Wildman–Crippen MR) is 92.9 cm³/mol. The lowest BCUT2D eigenvalue weighted by Gasteiger charge is -2.49. The molecule has 1 aliphatic carbocycles. The lowest BCUT2D eigenvalue weighted by Crippen LogP contribution is -2.50. The average Bonchev–Trinajstić information content (AvgIpc) is 2.98. The molecule has 1 saturated carbocycles. The van der Waals surface area contributed by atoms with E-state index in [1.807, 2.05) is 0 Å². The number of hydrogen-bond donors (Lipinski definition) is 2. The smallest absolute Gasteiger partial charge is 0.306 e. The Morgan fingerprint density at radius 3 is 3.00 bits per heavy atom. The molecule has 5 rings (SSSR count). The molecular formula is C20H24N2O2. The van der Waals surface area contributed by atoms with Gasteiger partial charge in [-0.3, -0.25) is 9.69 Å². The highest BCUT2D eigenvalue weighted by Gasteiger charge is 2.46. The number of benzene rings is 1. The summed E-state index contributed by atoms with van der Waals surface area (Å²) in [5, 5.41) is 11.0. The third-order valence-corrected chi connectivity index (χ3v) is 6.76. The fourth-order valence-electron chi connectivity index (χ4n) is 5.66. The van der Waals surface area contributed by atoms with Gasteiger partial charge in [-0.05, 0) is 49.1 Å². The molecule has 0 spiro atoms. The highest BCUT2D eigenvalue weighted by atomic mass is 16.4. The van der Waals surface area contributed by atoms with Crippen LogP contribution in [0.15, 0.2) is 24.3 Å². The summed E-state index contributed by atoms with van der Waals surface area (Å²) in [5.41, 5.74) is 4.05. The molecule has 2 aromatic rings. The molecule has 2 aliphatic heterocycles. The number of aromatic amines is 1. The van der Waals surface area contributed by atoms with Crippen LogP contribution in [0.3, 0.4) is 0 Å². The second-order valence-corrected chi connectivity index (χ2v) is 7.86. The van der Waals surface area contributed by atoms with Gasteiger partial charge in [-0.1, -0.05) is 24.6 Å². The molecule has 1 aromatic carbocycles. The van der Waals surface area contributed by atoms with Gasteiger partial charge in [-0.15, -0.1) is 0 Å². The Hall–Kier alpha value is -1.81. The summed E-state index contributed by atoms with van der Waals surface area (Å²) >= 11 is 0. The molecule has 4 nitrogen and oxygen atoms in total. The predicted octanol–water partition coefficient (Wildman–Crippen LogP) is 3.59. The van der Waals surface area contributed by atoms with Crippen LogP contribution in [0.4, 0.5) is 0 Å². The fourth-order valence-corrected chi connectivity index (χ4v) is 5.66. The third kappa shape index (κ3) is 2.05. The van der Waals surface area contributed by atoms with Crippen LogP contribution in [0.5, 0.6) is 0 Å². The first kappa shape index (κ1) is 14.5. The number of carboxylic acid groups (broad SMARTS) is 1. The van der Waals surface area contributed by atoms with Gasteiger partial charge < -0.3 is 10.1 Å². The van der Waals surface area contributed by atoms with Crippen LogP contribution in [0.25, 0.3) is 10.9 Å². The minimum absolute atomic E-state index is 0.138. The summed E-state index contributed by atoms with van der Waals surface area (Å²) < 4.78 is 0. The first-order valence-corrected chi connectivity index (χ1v) is 9.28. The lowest BCUT2D eigenvalue weighted by molar-refractivity contribution is -0.148. The van der Waals surface area contributed by atoms with E-state index in [2.05, 4.69) is 34.1 Å². The van der Waals surface area contributed by atoms with Crippen LogP contribution in [-0.2, 0) is 11.2 Å². The van der Waals surface area contributed by atoms with E-state index in [0.29, 0.717) is 17.9 Å². The molecule has 4 atom stereocenters. The van der Waals surface area contributed by atoms with Gasteiger partial charge in [0.2, 0.25) is 0 Å². The lowest BCUT2D eigenvalue weighted by atomic mass is 9.66. The zero-order valence-electron chi connectivity index (χ0n) is 13.9. The van der Waals surface area contributed by atoms with Gasteiger partial charge in [-0.2, -0.15) is 0 Å². The monoisotopic (exact) mass is 324 g/mol. The van der Waals surface area contributed by atoms with E-state index in [4.69, 9.17) is 0 Å². The Labute approximate surface area is 141 Å². The zero-order valence-corrected chi connectivity index (χ0v) is 13.9. The van der Waals surface area contributed by atoms with Gasteiger partial charge in [-0.25, -0.2) is 0 Å². The van der Waals surface area contributed by atoms with Gasteiger partial charge >= 0.3 is 5.97 Å². The molecule has 2 fully saturated rings. The number of aromatic nitrogens is 1. The van der Waals surface area contributed by atoms with Gasteiger partial charge in [0.1, 0.15) is 0 Å². The second kappa shape index (κ2) is 5.35. The van der Waals surface area contributed by atoms with E-state index in [0.717, 1.165) is 38.8 Å². The Kier molecular flexibility index (Phi) is 3.24. The highest BCUT2D eigenvalue weighted by Crippen LogP contribution is 2.48. The van der Waals surface area contributed by atoms with Crippen molar-refractivity contribution >= 4 is 16.9 Å². The van der Waals surface area contributed by atoms with Crippen LogP contribution in [0.2, 0.25) is 0 Å². The van der Waals surface area contributed by atoms with E-state index in [9.17, 15) is 9.90 Å². The van der Waals surface area contributed by atoms with Crippen LogP contribution in [0, 0.1) is 17.8 Å². The number of para-hydroxylation sites is 1. The first-order valence-electron chi connectivity index (χ1n) is 9.28. The van der Waals surface area contributed by atoms with Crippen molar-refractivity contribution in [1.82, 2.24) is 9.88 Å². The summed E-state index contributed by atoms with van der Waals surface area (Å²) in [6.07, 6.45) is 5.26. The van der Waals surface area contributed by atoms with Crippen molar-refractivity contribution in [2.24, 2.45) is 17.8 Å². The number of fused-ring (bicyclic) bond motifs is 6. The van der Waals surface area contributed by atoms with Crippen molar-refractivity contribution in [3.8, 4) is 0 Å². The van der Waals surface area contributed by atoms with Crippen LogP contribution in [0.1, 0.15) is 43.0 Å². The highest BCUT2D eigenvalue weighted by molar-refractivity contribution is 5.85. The SMILES string of the molecule is O=C(O)[C@H]1CCC[C@H]2CN3CCc4c([nH]c5ccccc45)[C@@H]3C[C@@H]21. The Morgan fingerprint density at radius 2 is 2.12 bits per heavy atom. The number of hydrogen-bond acceptors (Lipinski definition) is 2. The number of rotatable bonds is 1. The van der Waals surface area contributed by atoms with E-state index >= 15 is 0 Å². The van der Waals surface area contributed by atoms with Gasteiger partial charge in [0.15, 0.2) is 0 Å². The van der Waals surface area contributed by atoms with Crippen LogP contribution in [-0.4, -0.2) is 34.0 Å². The van der Waals surface area contributed by atoms with Gasteiger partial charge in [0.05, 0.1) is 12.0 Å². The van der Waals surface area contributed by atoms with Crippen molar-refractivity contribution in [2.75, 3.05) is 13.1 Å². The maximum absolute atomic E-state index is 11.7. The summed E-state index contributed by atoms with van der Waals surface area (Å²) in [7, 11) is 0. The number of nitrogens with one attached hydrogen (secondary N) is 1. The second-order valence-electron chi connectivity index (χ2n) is 7.86. The number of H-pyrrole nitrogens is 1. The molecule has 0 bridgehead atoms. The number of aliphatic carboxylic acids is 1. The van der Waals surface area contributed by atoms with Gasteiger partial charge in [0.25, 0.3) is 0 Å². The third-order valence-electron chi connectivity index (χ3n) is 6.76. The van der Waals surface area contributed by atoms with Crippen molar-refractivity contribution < 1.29 is 9.90 Å². The van der Waals surface area contributed by atoms with Crippen molar-refractivity contribution in [3.63, 3.8) is 0 Å². The molecule has 0 amide bonds. The summed E-state index contributed by atoms with van der Waals surface area (Å²) in [4.78, 5) is 18.0. The molecular weight excluding hydrogens is 300 g/mol. The minimum Gasteiger partial charge on any atom is -0.481 e. The molecule has 126 valence electrons. The first-order chi connectivity index (χ1) is 11.7. The maximum atomic E-state index is 11.7. The van der Waals surface area contributed by atoms with E-state index in [1.54, 1.807) is 0 Å². The molecule has 0 radical (unpaired) electrons. The quantitative estimate of drug-likeness (QED) is 0.843. The molecule has 3 aliphatic rings. The van der Waals surface area contributed by atoms with E-state index < -0.39 is 5.97 Å². The number of carbonyl (C=O) groups is 1. The van der Waals surface area contributed by atoms with Crippen LogP contribution >= 0.6 is 0 Å². The molecule has 24 heavy (non-hydrogen) atoms.